The zero-order chi connectivity index (χ0) is 39.0. The van der Waals surface area contributed by atoms with E-state index in [0.29, 0.717) is 0 Å². The number of benzene rings is 3. The second-order valence-corrected chi connectivity index (χ2v) is 15.9. The number of carboxylic acid groups (broad SMARTS) is 1. The standard InChI is InChI=1S/C31H29N5O14S3/c1-33-22-8-6-19-25(20-15-16(3-4-17(20)31(40)41)30(39)34-12-13-36-23(37)9-10-24(36)38)18-5-7-21(32)28(26(18)50-27(19)29(22)53(47,48)49)52(45,46)35-11-2-14-51(42,43)44/h3-10,15,35H,2,11-14,32H2,1H3,(H,34,39)(H,40,41)(H,42,43,44)(H,47,48,49)/p-1. The molecule has 280 valence electrons. The molecule has 0 atom stereocenters. The fraction of sp³-hybridized carbons (Fsp3) is 0.194. The van der Waals surface area contributed by atoms with E-state index in [1.54, 1.807) is 0 Å². The van der Waals surface area contributed by atoms with Crippen LogP contribution in [0.4, 0.5) is 5.69 Å². The first kappa shape index (κ1) is 38.7. The van der Waals surface area contributed by atoms with Crippen molar-refractivity contribution < 1.29 is 68.1 Å². The Hall–Kier alpha value is -5.52. The Kier molecular flexibility index (Phi) is 10.6. The highest BCUT2D eigenvalue weighted by atomic mass is 32.2. The lowest BCUT2D eigenvalue weighted by Crippen LogP contribution is -2.72. The molecule has 0 fully saturated rings. The number of sulfonamides is 1. The van der Waals surface area contributed by atoms with Gasteiger partial charge in [0.1, 0.15) is 22.1 Å². The molecule has 22 heteroatoms. The Morgan fingerprint density at radius 3 is 2.21 bits per heavy atom. The molecule has 0 saturated carbocycles. The number of fused-ring (bicyclic) bond motifs is 2. The van der Waals surface area contributed by atoms with Gasteiger partial charge in [-0.05, 0) is 48.4 Å². The lowest BCUT2D eigenvalue weighted by Gasteiger charge is -2.21. The van der Waals surface area contributed by atoms with Crippen LogP contribution in [0.5, 0.6) is 0 Å². The first-order chi connectivity index (χ1) is 24.7. The fourth-order valence-electron chi connectivity index (χ4n) is 5.64. The molecule has 19 nitrogen and oxygen atoms in total. The van der Waals surface area contributed by atoms with Crippen LogP contribution in [0.3, 0.4) is 0 Å². The summed E-state index contributed by atoms with van der Waals surface area (Å²) in [6.07, 6.45) is 1.68. The van der Waals surface area contributed by atoms with Crippen molar-refractivity contribution in [3.63, 3.8) is 0 Å². The van der Waals surface area contributed by atoms with Crippen molar-refractivity contribution in [3.8, 4) is 22.5 Å². The molecule has 2 aliphatic heterocycles. The smallest absolute Gasteiger partial charge is 0.336 e. The highest BCUT2D eigenvalue weighted by molar-refractivity contribution is 7.90. The van der Waals surface area contributed by atoms with E-state index in [4.69, 9.17) is 10.2 Å². The summed E-state index contributed by atoms with van der Waals surface area (Å²) in [4.78, 5) is 51.3. The predicted molar refractivity (Wildman–Crippen MR) is 180 cm³/mol. The summed E-state index contributed by atoms with van der Waals surface area (Å²) in [5, 5.41) is 12.3. The summed E-state index contributed by atoms with van der Waals surface area (Å²) in [6, 6.07) is 8.13. The molecule has 2 aromatic carbocycles. The minimum Gasteiger partial charge on any atom is -0.748 e. The molecule has 3 aliphatic rings. The third-order valence-corrected chi connectivity index (χ3v) is 11.2. The van der Waals surface area contributed by atoms with Crippen LogP contribution in [0.15, 0.2) is 68.8 Å². The molecular formula is C31H28N5O14S3-. The normalized spacial score (nSPS) is 14.1. The van der Waals surface area contributed by atoms with Crippen molar-refractivity contribution in [2.75, 3.05) is 38.2 Å². The monoisotopic (exact) mass is 790 g/mol. The van der Waals surface area contributed by atoms with E-state index >= 15 is 0 Å². The van der Waals surface area contributed by atoms with E-state index < -0.39 is 105 Å². The van der Waals surface area contributed by atoms with E-state index in [1.807, 2.05) is 0 Å². The van der Waals surface area contributed by atoms with Gasteiger partial charge in [-0.2, -0.15) is 0 Å². The minimum atomic E-state index is -5.43. The maximum atomic E-state index is 13.7. The maximum Gasteiger partial charge on any atom is 0.336 e. The van der Waals surface area contributed by atoms with Crippen molar-refractivity contribution in [2.24, 2.45) is 0 Å². The third-order valence-electron chi connectivity index (χ3n) is 7.95. The van der Waals surface area contributed by atoms with Crippen LogP contribution in [0, 0.1) is 0 Å². The van der Waals surface area contributed by atoms with Gasteiger partial charge in [-0.1, -0.05) is 0 Å². The van der Waals surface area contributed by atoms with Gasteiger partial charge in [0.2, 0.25) is 15.4 Å². The van der Waals surface area contributed by atoms with Crippen molar-refractivity contribution >= 4 is 70.6 Å². The molecule has 53 heavy (non-hydrogen) atoms. The average Bonchev–Trinajstić information content (AvgIpc) is 3.39. The number of carbonyl (C=O) groups excluding carboxylic acids is 3. The Labute approximate surface area is 300 Å². The number of imide groups is 1. The summed E-state index contributed by atoms with van der Waals surface area (Å²) < 4.78 is 107. The molecule has 3 amide bonds. The van der Waals surface area contributed by atoms with Crippen molar-refractivity contribution in [2.45, 2.75) is 16.2 Å². The molecule has 0 spiro atoms. The predicted octanol–water partition coefficient (Wildman–Crippen LogP) is -2.13. The highest BCUT2D eigenvalue weighted by Crippen LogP contribution is 2.45. The number of anilines is 1. The lowest BCUT2D eigenvalue weighted by molar-refractivity contribution is -0.467. The summed E-state index contributed by atoms with van der Waals surface area (Å²) in [6.45, 7) is -0.956. The number of rotatable bonds is 13. The number of nitrogens with zero attached hydrogens (tertiary/aromatic N) is 1. The fourth-order valence-corrected chi connectivity index (χ4v) is 8.29. The van der Waals surface area contributed by atoms with Gasteiger partial charge in [0.25, 0.3) is 17.7 Å². The first-order valence-corrected chi connectivity index (χ1v) is 19.6. The van der Waals surface area contributed by atoms with Gasteiger partial charge < -0.3 is 29.7 Å². The molecule has 0 radical (unpaired) electrons. The number of hydrogen-bond donors (Lipinski definition) is 5. The Morgan fingerprint density at radius 2 is 1.60 bits per heavy atom. The maximum absolute atomic E-state index is 13.7. The number of amides is 3. The molecule has 0 saturated heterocycles. The van der Waals surface area contributed by atoms with Crippen LogP contribution in [-0.2, 0) is 39.8 Å². The molecule has 0 bridgehead atoms. The second-order valence-electron chi connectivity index (χ2n) is 11.4. The molecule has 0 unspecified atom stereocenters. The number of nitrogen functional groups attached to an aromatic ring is 1. The van der Waals surface area contributed by atoms with Crippen molar-refractivity contribution in [1.29, 1.82) is 0 Å². The van der Waals surface area contributed by atoms with Crippen LogP contribution in [-0.4, -0.2) is 100 Å². The van der Waals surface area contributed by atoms with E-state index in [1.165, 1.54) is 25.2 Å². The number of nitrogens with one attached hydrogen (secondary N) is 3. The quantitative estimate of drug-likeness (QED) is 0.0318. The summed E-state index contributed by atoms with van der Waals surface area (Å²) in [7, 11) is -13.6. The van der Waals surface area contributed by atoms with Gasteiger partial charge in [0.05, 0.1) is 21.4 Å². The third kappa shape index (κ3) is 7.96. The SMILES string of the molecule is C[NH+]=c1ccc2c(-c3cc(C(=O)NCCN4C(=O)C=CC4=O)ccc3C(=O)O)c3ccc(N)c(S(=O)(=O)NCCCS(=O)(=O)[O-])c3oc-2c1S(=O)(=O)[O-]. The van der Waals surface area contributed by atoms with E-state index in [-0.39, 0.29) is 46.1 Å². The van der Waals surface area contributed by atoms with Crippen LogP contribution in [0.1, 0.15) is 27.1 Å². The second kappa shape index (κ2) is 14.5. The Bertz CT molecular complexity index is 2620. The molecule has 2 heterocycles. The van der Waals surface area contributed by atoms with Gasteiger partial charge in [-0.25, -0.2) is 39.8 Å². The number of carbonyl (C=O) groups is 4. The molecule has 6 N–H and O–H groups in total. The Balaban J connectivity index is 1.77. The zero-order valence-corrected chi connectivity index (χ0v) is 29.7. The van der Waals surface area contributed by atoms with E-state index in [2.05, 4.69) is 15.0 Å². The average molecular weight is 791 g/mol. The van der Waals surface area contributed by atoms with Crippen molar-refractivity contribution in [3.05, 3.63) is 71.1 Å². The number of carboxylic acids is 1. The van der Waals surface area contributed by atoms with E-state index in [0.717, 1.165) is 41.3 Å². The van der Waals surface area contributed by atoms with Gasteiger partial charge in [0, 0.05) is 65.7 Å². The summed E-state index contributed by atoms with van der Waals surface area (Å²) in [5.74, 6) is -5.12. The van der Waals surface area contributed by atoms with E-state index in [9.17, 15) is 58.6 Å². The topological polar surface area (TPSA) is 317 Å². The van der Waals surface area contributed by atoms with Gasteiger partial charge in [-0.3, -0.25) is 19.3 Å². The first-order valence-electron chi connectivity index (χ1n) is 15.2. The lowest BCUT2D eigenvalue weighted by atomic mass is 9.89. The highest BCUT2D eigenvalue weighted by Gasteiger charge is 2.32. The summed E-state index contributed by atoms with van der Waals surface area (Å²) >= 11 is 0. The largest absolute Gasteiger partial charge is 0.748 e. The van der Waals surface area contributed by atoms with Crippen LogP contribution in [0.25, 0.3) is 33.4 Å². The minimum absolute atomic E-state index is 0.161. The van der Waals surface area contributed by atoms with Gasteiger partial charge in [-0.15, -0.1) is 0 Å². The van der Waals surface area contributed by atoms with Crippen LogP contribution >= 0.6 is 0 Å². The molecule has 1 aliphatic carbocycles. The van der Waals surface area contributed by atoms with Gasteiger partial charge in [0.15, 0.2) is 16.2 Å². The van der Waals surface area contributed by atoms with Crippen molar-refractivity contribution in [1.82, 2.24) is 14.9 Å². The van der Waals surface area contributed by atoms with Crippen LogP contribution in [0.2, 0.25) is 0 Å². The molecule has 5 rings (SSSR count). The molecule has 2 aromatic rings. The Morgan fingerprint density at radius 1 is 0.925 bits per heavy atom. The molecule has 0 aromatic heterocycles. The number of nitrogens with two attached hydrogens (primary N) is 1. The summed E-state index contributed by atoms with van der Waals surface area (Å²) in [5.41, 5.74) is 3.68. The number of aromatic carboxylic acids is 1. The molecular weight excluding hydrogens is 763 g/mol. The number of hydrogen-bond acceptors (Lipinski definition) is 14. The van der Waals surface area contributed by atoms with Gasteiger partial charge >= 0.3 is 5.97 Å². The van der Waals surface area contributed by atoms with Crippen LogP contribution < -0.4 is 26.1 Å². The zero-order valence-electron chi connectivity index (χ0n) is 27.2.